The summed E-state index contributed by atoms with van der Waals surface area (Å²) in [5.41, 5.74) is 0.753. The molecule has 0 aliphatic carbocycles. The summed E-state index contributed by atoms with van der Waals surface area (Å²) in [5.74, 6) is -0.131. The van der Waals surface area contributed by atoms with Crippen LogP contribution in [0.25, 0.3) is 0 Å². The summed E-state index contributed by atoms with van der Waals surface area (Å²) in [6.07, 6.45) is 0.920. The number of hydrogen-bond donors (Lipinski definition) is 1. The summed E-state index contributed by atoms with van der Waals surface area (Å²) < 4.78 is 14.9. The van der Waals surface area contributed by atoms with Crippen molar-refractivity contribution in [3.63, 3.8) is 0 Å². The summed E-state index contributed by atoms with van der Waals surface area (Å²) in [5, 5.41) is 3.38. The normalized spacial score (nSPS) is 12.9. The molecular formula is C15H24BrFN2. The van der Waals surface area contributed by atoms with Crippen molar-refractivity contribution >= 4 is 15.9 Å². The summed E-state index contributed by atoms with van der Waals surface area (Å²) >= 11 is 3.42. The highest BCUT2D eigenvalue weighted by Crippen LogP contribution is 2.24. The Labute approximate surface area is 124 Å². The molecule has 0 aliphatic rings. The van der Waals surface area contributed by atoms with E-state index in [9.17, 15) is 4.39 Å². The van der Waals surface area contributed by atoms with Gasteiger partial charge in [-0.2, -0.15) is 0 Å². The molecule has 1 N–H and O–H groups in total. The predicted octanol–water partition coefficient (Wildman–Crippen LogP) is 3.97. The molecule has 0 aliphatic heterocycles. The standard InChI is InChI=1S/C15H24BrFN2/c1-4-18-15(9-10-19(5-2)6-3)13-11-12(16)7-8-14(13)17/h7-8,11,15,18H,4-6,9-10H2,1-3H3. The Morgan fingerprint density at radius 3 is 2.53 bits per heavy atom. The van der Waals surface area contributed by atoms with E-state index in [4.69, 9.17) is 0 Å². The van der Waals surface area contributed by atoms with Crippen molar-refractivity contribution in [1.29, 1.82) is 0 Å². The second-order valence-corrected chi connectivity index (χ2v) is 5.51. The first-order chi connectivity index (χ1) is 9.12. The summed E-state index contributed by atoms with van der Waals surface area (Å²) in [7, 11) is 0. The van der Waals surface area contributed by atoms with Crippen LogP contribution in [0.15, 0.2) is 22.7 Å². The van der Waals surface area contributed by atoms with Crippen molar-refractivity contribution in [3.05, 3.63) is 34.1 Å². The van der Waals surface area contributed by atoms with Crippen LogP contribution >= 0.6 is 15.9 Å². The van der Waals surface area contributed by atoms with E-state index in [-0.39, 0.29) is 11.9 Å². The molecule has 0 heterocycles. The van der Waals surface area contributed by atoms with E-state index in [0.717, 1.165) is 42.6 Å². The molecule has 4 heteroatoms. The Morgan fingerprint density at radius 1 is 1.26 bits per heavy atom. The third-order valence-electron chi connectivity index (χ3n) is 3.41. The second-order valence-electron chi connectivity index (χ2n) is 4.59. The lowest BCUT2D eigenvalue weighted by molar-refractivity contribution is 0.281. The Balaban J connectivity index is 2.78. The lowest BCUT2D eigenvalue weighted by Crippen LogP contribution is -2.30. The van der Waals surface area contributed by atoms with E-state index in [2.05, 4.69) is 46.9 Å². The Kier molecular flexibility index (Phi) is 7.57. The lowest BCUT2D eigenvalue weighted by atomic mass is 10.0. The molecule has 0 bridgehead atoms. The third-order valence-corrected chi connectivity index (χ3v) is 3.91. The minimum atomic E-state index is -0.131. The Bertz CT molecular complexity index is 380. The topological polar surface area (TPSA) is 15.3 Å². The molecule has 1 rings (SSSR count). The number of nitrogens with zero attached hydrogens (tertiary/aromatic N) is 1. The zero-order valence-corrected chi connectivity index (χ0v) is 13.6. The van der Waals surface area contributed by atoms with Crippen LogP contribution in [-0.4, -0.2) is 31.1 Å². The maximum atomic E-state index is 14.0. The van der Waals surface area contributed by atoms with Crippen LogP contribution in [-0.2, 0) is 0 Å². The largest absolute Gasteiger partial charge is 0.310 e. The first-order valence-corrected chi connectivity index (χ1v) is 7.82. The SMILES string of the molecule is CCNC(CCN(CC)CC)c1cc(Br)ccc1F. The Hall–Kier alpha value is -0.450. The van der Waals surface area contributed by atoms with Gasteiger partial charge in [-0.3, -0.25) is 0 Å². The van der Waals surface area contributed by atoms with Crippen LogP contribution in [0, 0.1) is 5.82 Å². The fraction of sp³-hybridized carbons (Fsp3) is 0.600. The molecule has 2 nitrogen and oxygen atoms in total. The van der Waals surface area contributed by atoms with Crippen LogP contribution < -0.4 is 5.32 Å². The van der Waals surface area contributed by atoms with E-state index in [1.165, 1.54) is 6.07 Å². The Morgan fingerprint density at radius 2 is 1.95 bits per heavy atom. The van der Waals surface area contributed by atoms with E-state index in [0.29, 0.717) is 0 Å². The van der Waals surface area contributed by atoms with E-state index >= 15 is 0 Å². The van der Waals surface area contributed by atoms with Crippen molar-refractivity contribution < 1.29 is 4.39 Å². The molecule has 0 saturated carbocycles. The number of halogens is 2. The van der Waals surface area contributed by atoms with Gasteiger partial charge in [0.1, 0.15) is 5.82 Å². The van der Waals surface area contributed by atoms with Crippen LogP contribution in [0.1, 0.15) is 38.8 Å². The van der Waals surface area contributed by atoms with Crippen molar-refractivity contribution in [2.24, 2.45) is 0 Å². The average Bonchev–Trinajstić information content (AvgIpc) is 2.41. The molecule has 1 aromatic carbocycles. The molecule has 1 atom stereocenters. The molecule has 1 aromatic rings. The van der Waals surface area contributed by atoms with E-state index < -0.39 is 0 Å². The molecule has 0 amide bonds. The van der Waals surface area contributed by atoms with Crippen molar-refractivity contribution in [2.75, 3.05) is 26.2 Å². The number of hydrogen-bond acceptors (Lipinski definition) is 2. The zero-order valence-electron chi connectivity index (χ0n) is 12.0. The first kappa shape index (κ1) is 16.6. The summed E-state index contributed by atoms with van der Waals surface area (Å²) in [6, 6.07) is 5.22. The van der Waals surface area contributed by atoms with Gasteiger partial charge in [-0.15, -0.1) is 0 Å². The molecule has 0 saturated heterocycles. The smallest absolute Gasteiger partial charge is 0.128 e. The van der Waals surface area contributed by atoms with Gasteiger partial charge in [-0.1, -0.05) is 36.7 Å². The van der Waals surface area contributed by atoms with Gasteiger partial charge in [0.25, 0.3) is 0 Å². The summed E-state index contributed by atoms with van der Waals surface area (Å²) in [6.45, 7) is 10.3. The van der Waals surface area contributed by atoms with Gasteiger partial charge in [0, 0.05) is 16.1 Å². The van der Waals surface area contributed by atoms with E-state index in [1.54, 1.807) is 6.07 Å². The van der Waals surface area contributed by atoms with Crippen LogP contribution in [0.5, 0.6) is 0 Å². The van der Waals surface area contributed by atoms with Gasteiger partial charge in [0.2, 0.25) is 0 Å². The van der Waals surface area contributed by atoms with Crippen LogP contribution in [0.4, 0.5) is 4.39 Å². The van der Waals surface area contributed by atoms with Gasteiger partial charge in [0.15, 0.2) is 0 Å². The first-order valence-electron chi connectivity index (χ1n) is 7.03. The molecular weight excluding hydrogens is 307 g/mol. The van der Waals surface area contributed by atoms with Gasteiger partial charge in [0.05, 0.1) is 0 Å². The predicted molar refractivity (Wildman–Crippen MR) is 82.9 cm³/mol. The average molecular weight is 331 g/mol. The van der Waals surface area contributed by atoms with Crippen molar-refractivity contribution in [3.8, 4) is 0 Å². The monoisotopic (exact) mass is 330 g/mol. The van der Waals surface area contributed by atoms with Gasteiger partial charge < -0.3 is 10.2 Å². The van der Waals surface area contributed by atoms with Gasteiger partial charge >= 0.3 is 0 Å². The summed E-state index contributed by atoms with van der Waals surface area (Å²) in [4.78, 5) is 2.36. The molecule has 0 aromatic heterocycles. The molecule has 108 valence electrons. The highest BCUT2D eigenvalue weighted by atomic mass is 79.9. The molecule has 0 spiro atoms. The van der Waals surface area contributed by atoms with Crippen molar-refractivity contribution in [2.45, 2.75) is 33.2 Å². The minimum Gasteiger partial charge on any atom is -0.310 e. The maximum Gasteiger partial charge on any atom is 0.128 e. The van der Waals surface area contributed by atoms with Crippen LogP contribution in [0.3, 0.4) is 0 Å². The highest BCUT2D eigenvalue weighted by molar-refractivity contribution is 9.10. The highest BCUT2D eigenvalue weighted by Gasteiger charge is 2.16. The van der Waals surface area contributed by atoms with Crippen LogP contribution in [0.2, 0.25) is 0 Å². The lowest BCUT2D eigenvalue weighted by Gasteiger charge is -2.24. The number of rotatable bonds is 8. The number of nitrogens with one attached hydrogen (secondary N) is 1. The minimum absolute atomic E-state index is 0.0723. The fourth-order valence-electron chi connectivity index (χ4n) is 2.25. The van der Waals surface area contributed by atoms with Gasteiger partial charge in [-0.25, -0.2) is 4.39 Å². The molecule has 19 heavy (non-hydrogen) atoms. The van der Waals surface area contributed by atoms with Crippen molar-refractivity contribution in [1.82, 2.24) is 10.2 Å². The quantitative estimate of drug-likeness (QED) is 0.775. The van der Waals surface area contributed by atoms with E-state index in [1.807, 2.05) is 6.07 Å². The third kappa shape index (κ3) is 5.21. The molecule has 0 fully saturated rings. The molecule has 1 unspecified atom stereocenters. The molecule has 0 radical (unpaired) electrons. The number of benzene rings is 1. The second kappa shape index (κ2) is 8.67. The van der Waals surface area contributed by atoms with Gasteiger partial charge in [-0.05, 0) is 50.8 Å². The maximum absolute atomic E-state index is 14.0. The zero-order chi connectivity index (χ0) is 14.3. The fourth-order valence-corrected chi connectivity index (χ4v) is 2.63.